The summed E-state index contributed by atoms with van der Waals surface area (Å²) in [6, 6.07) is 0. The Kier molecular flexibility index (Phi) is 6.89. The summed E-state index contributed by atoms with van der Waals surface area (Å²) < 4.78 is 10.8. The first-order valence-electron chi connectivity index (χ1n) is 6.12. The van der Waals surface area contributed by atoms with E-state index in [0.29, 0.717) is 5.41 Å². The molecule has 0 spiro atoms. The van der Waals surface area contributed by atoms with Gasteiger partial charge in [0.05, 0.1) is 6.61 Å². The zero-order valence-electron chi connectivity index (χ0n) is 10.5. The van der Waals surface area contributed by atoms with Crippen LogP contribution in [0.4, 0.5) is 0 Å². The first-order chi connectivity index (χ1) is 7.72. The second kappa shape index (κ2) is 7.64. The van der Waals surface area contributed by atoms with Gasteiger partial charge >= 0.3 is 0 Å². The standard InChI is InChI=1S/C12H24BrNO2/c1-3-15-9-6-14(2)11-12(10-13)4-7-16-8-5-12/h3-11H2,1-2H3. The van der Waals surface area contributed by atoms with Gasteiger partial charge in [-0.2, -0.15) is 0 Å². The van der Waals surface area contributed by atoms with E-state index in [1.54, 1.807) is 0 Å². The molecule has 0 unspecified atom stereocenters. The molecule has 96 valence electrons. The Bertz CT molecular complexity index is 184. The smallest absolute Gasteiger partial charge is 0.0593 e. The van der Waals surface area contributed by atoms with Crippen LogP contribution in [0.1, 0.15) is 19.8 Å². The third-order valence-electron chi connectivity index (χ3n) is 3.26. The first kappa shape index (κ1) is 14.4. The van der Waals surface area contributed by atoms with Crippen molar-refractivity contribution >= 4 is 15.9 Å². The molecule has 1 heterocycles. The van der Waals surface area contributed by atoms with Gasteiger partial charge in [0.25, 0.3) is 0 Å². The van der Waals surface area contributed by atoms with Crippen LogP contribution in [0, 0.1) is 5.41 Å². The summed E-state index contributed by atoms with van der Waals surface area (Å²) in [6.07, 6.45) is 2.33. The lowest BCUT2D eigenvalue weighted by Crippen LogP contribution is -2.42. The number of hydrogen-bond donors (Lipinski definition) is 0. The molecule has 16 heavy (non-hydrogen) atoms. The molecule has 1 rings (SSSR count). The van der Waals surface area contributed by atoms with Crippen LogP contribution in [0.15, 0.2) is 0 Å². The molecule has 1 saturated heterocycles. The number of likely N-dealkylation sites (N-methyl/N-ethyl adjacent to an activating group) is 1. The minimum Gasteiger partial charge on any atom is -0.381 e. The Balaban J connectivity index is 2.30. The Morgan fingerprint density at radius 3 is 2.62 bits per heavy atom. The molecule has 3 nitrogen and oxygen atoms in total. The molecule has 0 aromatic rings. The molecule has 0 aliphatic carbocycles. The van der Waals surface area contributed by atoms with Crippen LogP contribution in [-0.2, 0) is 9.47 Å². The fourth-order valence-electron chi connectivity index (χ4n) is 2.15. The zero-order chi connectivity index (χ0) is 11.9. The lowest BCUT2D eigenvalue weighted by molar-refractivity contribution is 0.00801. The SMILES string of the molecule is CCOCCN(C)CC1(CBr)CCOCC1. The maximum Gasteiger partial charge on any atom is 0.0593 e. The van der Waals surface area contributed by atoms with Gasteiger partial charge in [-0.1, -0.05) is 15.9 Å². The molecule has 0 aromatic heterocycles. The van der Waals surface area contributed by atoms with Gasteiger partial charge in [0.15, 0.2) is 0 Å². The summed E-state index contributed by atoms with van der Waals surface area (Å²) >= 11 is 3.66. The fourth-order valence-corrected chi connectivity index (χ4v) is 2.89. The maximum atomic E-state index is 5.44. The average molecular weight is 294 g/mol. The second-order valence-corrected chi connectivity index (χ2v) is 5.24. The van der Waals surface area contributed by atoms with Crippen LogP contribution in [0.5, 0.6) is 0 Å². The summed E-state index contributed by atoms with van der Waals surface area (Å²) in [7, 11) is 2.18. The molecule has 1 fully saturated rings. The molecule has 4 heteroatoms. The van der Waals surface area contributed by atoms with E-state index < -0.39 is 0 Å². The van der Waals surface area contributed by atoms with Crippen molar-refractivity contribution < 1.29 is 9.47 Å². The Hall–Kier alpha value is 0.360. The highest BCUT2D eigenvalue weighted by Gasteiger charge is 2.32. The van der Waals surface area contributed by atoms with Crippen molar-refractivity contribution in [3.05, 3.63) is 0 Å². The van der Waals surface area contributed by atoms with Crippen molar-refractivity contribution in [2.45, 2.75) is 19.8 Å². The average Bonchev–Trinajstić information content (AvgIpc) is 2.30. The van der Waals surface area contributed by atoms with E-state index in [4.69, 9.17) is 9.47 Å². The molecular weight excluding hydrogens is 270 g/mol. The largest absolute Gasteiger partial charge is 0.381 e. The molecule has 0 saturated carbocycles. The zero-order valence-corrected chi connectivity index (χ0v) is 12.1. The Labute approximate surface area is 108 Å². The van der Waals surface area contributed by atoms with Crippen molar-refractivity contribution in [1.82, 2.24) is 4.90 Å². The predicted octanol–water partition coefficient (Wildman–Crippen LogP) is 2.15. The van der Waals surface area contributed by atoms with Crippen molar-refractivity contribution in [1.29, 1.82) is 0 Å². The van der Waals surface area contributed by atoms with Gasteiger partial charge in [-0.15, -0.1) is 0 Å². The van der Waals surface area contributed by atoms with E-state index >= 15 is 0 Å². The lowest BCUT2D eigenvalue weighted by atomic mass is 9.82. The summed E-state index contributed by atoms with van der Waals surface area (Å²) in [5.41, 5.74) is 0.402. The quantitative estimate of drug-likeness (QED) is 0.530. The lowest BCUT2D eigenvalue weighted by Gasteiger charge is -2.38. The van der Waals surface area contributed by atoms with Crippen LogP contribution < -0.4 is 0 Å². The van der Waals surface area contributed by atoms with E-state index in [0.717, 1.165) is 57.7 Å². The van der Waals surface area contributed by atoms with Crippen LogP contribution in [0.2, 0.25) is 0 Å². The number of halogens is 1. The summed E-state index contributed by atoms with van der Waals surface area (Å²) in [5, 5.41) is 1.07. The molecule has 0 radical (unpaired) electrons. The van der Waals surface area contributed by atoms with Gasteiger partial charge in [-0.3, -0.25) is 0 Å². The van der Waals surface area contributed by atoms with Crippen LogP contribution in [0.3, 0.4) is 0 Å². The minimum atomic E-state index is 0.402. The van der Waals surface area contributed by atoms with Gasteiger partial charge in [0.2, 0.25) is 0 Å². The van der Waals surface area contributed by atoms with Gasteiger partial charge in [-0.25, -0.2) is 0 Å². The van der Waals surface area contributed by atoms with Crippen molar-refractivity contribution in [2.24, 2.45) is 5.41 Å². The fraction of sp³-hybridized carbons (Fsp3) is 1.00. The van der Waals surface area contributed by atoms with E-state index in [1.807, 2.05) is 6.92 Å². The highest BCUT2D eigenvalue weighted by molar-refractivity contribution is 9.09. The van der Waals surface area contributed by atoms with Gasteiger partial charge in [0, 0.05) is 38.2 Å². The molecular formula is C12H24BrNO2. The summed E-state index contributed by atoms with van der Waals surface area (Å²) in [5.74, 6) is 0. The number of ether oxygens (including phenoxy) is 2. The monoisotopic (exact) mass is 293 g/mol. The van der Waals surface area contributed by atoms with Gasteiger partial charge in [0.1, 0.15) is 0 Å². The second-order valence-electron chi connectivity index (χ2n) is 4.68. The minimum absolute atomic E-state index is 0.402. The van der Waals surface area contributed by atoms with Crippen LogP contribution in [-0.4, -0.2) is 56.8 Å². The summed E-state index contributed by atoms with van der Waals surface area (Å²) in [6.45, 7) is 7.65. The number of hydrogen-bond acceptors (Lipinski definition) is 3. The van der Waals surface area contributed by atoms with Crippen LogP contribution >= 0.6 is 15.9 Å². The number of nitrogens with zero attached hydrogens (tertiary/aromatic N) is 1. The third kappa shape index (κ3) is 4.70. The molecule has 0 bridgehead atoms. The molecule has 1 aliphatic rings. The highest BCUT2D eigenvalue weighted by Crippen LogP contribution is 2.33. The maximum absolute atomic E-state index is 5.44. The van der Waals surface area contributed by atoms with E-state index in [1.165, 1.54) is 0 Å². The molecule has 0 amide bonds. The normalized spacial score (nSPS) is 20.2. The van der Waals surface area contributed by atoms with E-state index in [2.05, 4.69) is 27.9 Å². The topological polar surface area (TPSA) is 21.7 Å². The highest BCUT2D eigenvalue weighted by atomic mass is 79.9. The van der Waals surface area contributed by atoms with Crippen molar-refractivity contribution in [3.63, 3.8) is 0 Å². The molecule has 0 aromatic carbocycles. The van der Waals surface area contributed by atoms with E-state index in [-0.39, 0.29) is 0 Å². The first-order valence-corrected chi connectivity index (χ1v) is 7.24. The van der Waals surface area contributed by atoms with Gasteiger partial charge < -0.3 is 14.4 Å². The molecule has 1 aliphatic heterocycles. The summed E-state index contributed by atoms with van der Waals surface area (Å²) in [4.78, 5) is 2.38. The van der Waals surface area contributed by atoms with Gasteiger partial charge in [-0.05, 0) is 32.2 Å². The predicted molar refractivity (Wildman–Crippen MR) is 70.3 cm³/mol. The third-order valence-corrected chi connectivity index (χ3v) is 4.45. The number of alkyl halides is 1. The van der Waals surface area contributed by atoms with Crippen molar-refractivity contribution in [3.8, 4) is 0 Å². The molecule has 0 atom stereocenters. The van der Waals surface area contributed by atoms with E-state index in [9.17, 15) is 0 Å². The van der Waals surface area contributed by atoms with Crippen LogP contribution in [0.25, 0.3) is 0 Å². The Morgan fingerprint density at radius 1 is 1.38 bits per heavy atom. The van der Waals surface area contributed by atoms with Crippen molar-refractivity contribution in [2.75, 3.05) is 51.9 Å². The Morgan fingerprint density at radius 2 is 2.06 bits per heavy atom. The molecule has 0 N–H and O–H groups in total. The number of rotatable bonds is 7.